The van der Waals surface area contributed by atoms with Crippen LogP contribution in [-0.4, -0.2) is 27.4 Å². The normalized spacial score (nSPS) is 13.0. The van der Waals surface area contributed by atoms with Gasteiger partial charge in [-0.2, -0.15) is 0 Å². The van der Waals surface area contributed by atoms with Crippen molar-refractivity contribution in [2.45, 2.75) is 26.1 Å². The first kappa shape index (κ1) is 13.9. The van der Waals surface area contributed by atoms with E-state index in [-0.39, 0.29) is 5.91 Å². The molecule has 0 saturated heterocycles. The van der Waals surface area contributed by atoms with Crippen molar-refractivity contribution in [3.05, 3.63) is 47.8 Å². The van der Waals surface area contributed by atoms with Crippen molar-refractivity contribution in [3.63, 3.8) is 0 Å². The molecule has 0 fully saturated rings. The first-order chi connectivity index (χ1) is 11.0. The molecule has 6 nitrogen and oxygen atoms in total. The van der Waals surface area contributed by atoms with Crippen molar-refractivity contribution in [1.82, 2.24) is 19.7 Å². The van der Waals surface area contributed by atoms with E-state index in [4.69, 9.17) is 4.74 Å². The highest BCUT2D eigenvalue weighted by atomic mass is 16.5. The van der Waals surface area contributed by atoms with Crippen LogP contribution in [0.1, 0.15) is 29.8 Å². The average molecular weight is 310 g/mol. The maximum Gasteiger partial charge on any atom is 0.252 e. The van der Waals surface area contributed by atoms with E-state index < -0.39 is 5.54 Å². The predicted octanol–water partition coefficient (Wildman–Crippen LogP) is 2.28. The molecule has 0 unspecified atom stereocenters. The highest BCUT2D eigenvalue weighted by Crippen LogP contribution is 2.34. The number of carbonyl (C=O) groups is 1. The standard InChI is InChI=1S/C17H18N4O2/c1-17(2,11-4-7-15(23-3)18-8-11)19-16(22)12-5-6-14-13(12)9-20-10-21(14)20/h4-9H,10H2,1-3H3,(H,19,22). The first-order valence-electron chi connectivity index (χ1n) is 7.51. The number of carbonyl (C=O) groups excluding carboxylic acids is 1. The monoisotopic (exact) mass is 310 g/mol. The Bertz CT molecular complexity index is 857. The van der Waals surface area contributed by atoms with E-state index in [9.17, 15) is 4.79 Å². The third-order valence-corrected chi connectivity index (χ3v) is 4.37. The van der Waals surface area contributed by atoms with Gasteiger partial charge in [-0.15, -0.1) is 0 Å². The molecule has 0 spiro atoms. The Balaban J connectivity index is 1.57. The van der Waals surface area contributed by atoms with Gasteiger partial charge in [0, 0.05) is 24.0 Å². The summed E-state index contributed by atoms with van der Waals surface area (Å²) in [6.07, 6.45) is 3.75. The fourth-order valence-electron chi connectivity index (χ4n) is 2.92. The van der Waals surface area contributed by atoms with Gasteiger partial charge in [0.2, 0.25) is 5.88 Å². The summed E-state index contributed by atoms with van der Waals surface area (Å²) in [6, 6.07) is 7.59. The first-order valence-corrected chi connectivity index (χ1v) is 7.51. The van der Waals surface area contributed by atoms with Gasteiger partial charge < -0.3 is 10.1 Å². The molecule has 0 aromatic carbocycles. The number of rotatable bonds is 4. The van der Waals surface area contributed by atoms with Gasteiger partial charge in [-0.25, -0.2) is 4.98 Å². The minimum atomic E-state index is -0.525. The number of amides is 1. The molecule has 0 saturated carbocycles. The van der Waals surface area contributed by atoms with E-state index in [2.05, 4.69) is 19.7 Å². The van der Waals surface area contributed by atoms with Gasteiger partial charge in [0.05, 0.1) is 23.9 Å². The molecule has 2 aliphatic heterocycles. The molecule has 1 aromatic heterocycles. The smallest absolute Gasteiger partial charge is 0.252 e. The van der Waals surface area contributed by atoms with Crippen molar-refractivity contribution in [3.8, 4) is 17.1 Å². The fraction of sp³-hybridized carbons (Fsp3) is 0.294. The number of pyridine rings is 1. The van der Waals surface area contributed by atoms with Gasteiger partial charge in [0.1, 0.15) is 6.67 Å². The molecule has 6 heteroatoms. The van der Waals surface area contributed by atoms with Crippen LogP contribution in [0.25, 0.3) is 11.3 Å². The Labute approximate surface area is 134 Å². The van der Waals surface area contributed by atoms with Gasteiger partial charge in [0.15, 0.2) is 0 Å². The summed E-state index contributed by atoms with van der Waals surface area (Å²) < 4.78 is 9.29. The Hall–Kier alpha value is -2.76. The maximum atomic E-state index is 12.7. The average Bonchev–Trinajstić information content (AvgIpc) is 3.01. The van der Waals surface area contributed by atoms with Crippen LogP contribution in [0.2, 0.25) is 0 Å². The summed E-state index contributed by atoms with van der Waals surface area (Å²) in [4.78, 5) is 16.9. The van der Waals surface area contributed by atoms with Gasteiger partial charge in [-0.1, -0.05) is 0 Å². The highest BCUT2D eigenvalue weighted by Gasteiger charge is 2.30. The molecule has 1 aliphatic carbocycles. The van der Waals surface area contributed by atoms with E-state index in [1.54, 1.807) is 19.4 Å². The molecule has 0 radical (unpaired) electrons. The number of hydrogen-bond donors (Lipinski definition) is 1. The van der Waals surface area contributed by atoms with Crippen LogP contribution in [0.5, 0.6) is 5.88 Å². The summed E-state index contributed by atoms with van der Waals surface area (Å²) in [5.41, 5.74) is 3.22. The lowest BCUT2D eigenvalue weighted by atomic mass is 9.95. The molecular weight excluding hydrogens is 292 g/mol. The van der Waals surface area contributed by atoms with E-state index >= 15 is 0 Å². The van der Waals surface area contributed by atoms with Crippen LogP contribution < -0.4 is 10.1 Å². The van der Waals surface area contributed by atoms with E-state index in [0.717, 1.165) is 23.5 Å². The summed E-state index contributed by atoms with van der Waals surface area (Å²) in [7, 11) is 1.58. The molecule has 4 rings (SSSR count). The topological polar surface area (TPSA) is 61.1 Å². The highest BCUT2D eigenvalue weighted by molar-refractivity contribution is 6.02. The number of nitrogens with zero attached hydrogens (tertiary/aromatic N) is 3. The van der Waals surface area contributed by atoms with Crippen LogP contribution in [0.15, 0.2) is 36.7 Å². The van der Waals surface area contributed by atoms with Crippen LogP contribution in [-0.2, 0) is 12.2 Å². The largest absolute Gasteiger partial charge is 0.481 e. The molecule has 1 aromatic rings. The number of aromatic nitrogens is 3. The molecular formula is C17H18N4O2. The lowest BCUT2D eigenvalue weighted by Crippen LogP contribution is -2.41. The van der Waals surface area contributed by atoms with Gasteiger partial charge >= 0.3 is 0 Å². The van der Waals surface area contributed by atoms with Gasteiger partial charge in [-0.3, -0.25) is 14.2 Å². The maximum absolute atomic E-state index is 12.7. The summed E-state index contributed by atoms with van der Waals surface area (Å²) in [5, 5.41) is 3.10. The number of fused-ring (bicyclic) bond motifs is 3. The van der Waals surface area contributed by atoms with Gasteiger partial charge in [0.25, 0.3) is 5.91 Å². The summed E-state index contributed by atoms with van der Waals surface area (Å²) in [6.45, 7) is 4.85. The zero-order chi connectivity index (χ0) is 16.2. The van der Waals surface area contributed by atoms with Crippen molar-refractivity contribution in [1.29, 1.82) is 0 Å². The molecule has 118 valence electrons. The number of ether oxygens (including phenoxy) is 1. The second-order valence-electron chi connectivity index (χ2n) is 6.32. The van der Waals surface area contributed by atoms with Crippen LogP contribution in [0, 0.1) is 0 Å². The number of nitrogens with one attached hydrogen (secondary N) is 1. The molecule has 23 heavy (non-hydrogen) atoms. The summed E-state index contributed by atoms with van der Waals surface area (Å²) >= 11 is 0. The van der Waals surface area contributed by atoms with E-state index in [1.165, 1.54) is 0 Å². The van der Waals surface area contributed by atoms with Crippen LogP contribution >= 0.6 is 0 Å². The zero-order valence-corrected chi connectivity index (χ0v) is 13.3. The van der Waals surface area contributed by atoms with E-state index in [0.29, 0.717) is 11.4 Å². The minimum Gasteiger partial charge on any atom is -0.481 e. The SMILES string of the molecule is COc1ccc(C(C)(C)NC(=O)c2ccc3n4n(cc2-3)C4)cn1. The van der Waals surface area contributed by atoms with Crippen molar-refractivity contribution >= 4 is 5.91 Å². The zero-order valence-electron chi connectivity index (χ0n) is 13.3. The Kier molecular flexibility index (Phi) is 2.78. The van der Waals surface area contributed by atoms with Crippen LogP contribution in [0.4, 0.5) is 0 Å². The van der Waals surface area contributed by atoms with E-state index in [1.807, 2.05) is 38.2 Å². The fourth-order valence-corrected chi connectivity index (χ4v) is 2.92. The number of hydrogen-bond acceptors (Lipinski definition) is 3. The predicted molar refractivity (Wildman–Crippen MR) is 85.7 cm³/mol. The molecule has 3 aliphatic rings. The lowest BCUT2D eigenvalue weighted by Gasteiger charge is -2.26. The molecule has 0 bridgehead atoms. The number of methoxy groups -OCH3 is 1. The third-order valence-electron chi connectivity index (χ3n) is 4.37. The van der Waals surface area contributed by atoms with Gasteiger partial charge in [-0.05, 0) is 37.6 Å². The quantitative estimate of drug-likeness (QED) is 0.629. The minimum absolute atomic E-state index is 0.0768. The van der Waals surface area contributed by atoms with Crippen molar-refractivity contribution in [2.75, 3.05) is 7.11 Å². The molecule has 0 atom stereocenters. The second kappa shape index (κ2) is 4.62. The Morgan fingerprint density at radius 1 is 1.30 bits per heavy atom. The molecule has 3 heterocycles. The lowest BCUT2D eigenvalue weighted by molar-refractivity contribution is 0.0913. The summed E-state index contributed by atoms with van der Waals surface area (Å²) in [5.74, 6) is 0.480. The molecule has 1 N–H and O–H groups in total. The van der Waals surface area contributed by atoms with Crippen molar-refractivity contribution < 1.29 is 9.53 Å². The molecule has 1 amide bonds. The van der Waals surface area contributed by atoms with Crippen LogP contribution in [0.3, 0.4) is 0 Å². The Morgan fingerprint density at radius 3 is 2.83 bits per heavy atom. The second-order valence-corrected chi connectivity index (χ2v) is 6.32. The third kappa shape index (κ3) is 2.18. The van der Waals surface area contributed by atoms with Crippen molar-refractivity contribution in [2.24, 2.45) is 0 Å². The Morgan fingerprint density at radius 2 is 2.13 bits per heavy atom.